The van der Waals surface area contributed by atoms with E-state index in [2.05, 4.69) is 33.0 Å². The lowest BCUT2D eigenvalue weighted by molar-refractivity contribution is 0.361. The van der Waals surface area contributed by atoms with Gasteiger partial charge in [-0.05, 0) is 18.6 Å². The van der Waals surface area contributed by atoms with Crippen molar-refractivity contribution in [3.63, 3.8) is 0 Å². The van der Waals surface area contributed by atoms with Gasteiger partial charge in [0, 0.05) is 18.3 Å². The molecule has 0 aromatic carbocycles. The van der Waals surface area contributed by atoms with E-state index in [0.29, 0.717) is 6.04 Å². The smallest absolute Gasteiger partial charge is 0.00671 e. The minimum atomic E-state index is 0.687. The molecule has 0 aliphatic heterocycles. The summed E-state index contributed by atoms with van der Waals surface area (Å²) in [5, 5.41) is 3.60. The average Bonchev–Trinajstić information content (AvgIpc) is 2.14. The summed E-state index contributed by atoms with van der Waals surface area (Å²) in [6.07, 6.45) is 2.59. The Kier molecular flexibility index (Phi) is 9.10. The topological polar surface area (TPSA) is 12.0 Å². The van der Waals surface area contributed by atoms with Gasteiger partial charge < -0.3 is 5.32 Å². The fraction of sp³-hybridized carbons (Fsp3) is 1.00. The molecule has 1 unspecified atom stereocenters. The molecule has 13 heavy (non-hydrogen) atoms. The highest BCUT2D eigenvalue weighted by Crippen LogP contribution is 2.12. The van der Waals surface area contributed by atoms with E-state index in [-0.39, 0.29) is 0 Å². The second-order valence-electron chi connectivity index (χ2n) is 3.52. The molecule has 0 aromatic rings. The molecule has 0 aliphatic carbocycles. The van der Waals surface area contributed by atoms with Crippen molar-refractivity contribution >= 4 is 11.8 Å². The van der Waals surface area contributed by atoms with Crippen LogP contribution >= 0.6 is 11.8 Å². The number of thioether (sulfide) groups is 1. The maximum Gasteiger partial charge on any atom is 0.00671 e. The van der Waals surface area contributed by atoms with Gasteiger partial charge in [0.25, 0.3) is 0 Å². The van der Waals surface area contributed by atoms with Crippen molar-refractivity contribution in [2.24, 2.45) is 5.92 Å². The van der Waals surface area contributed by atoms with E-state index in [1.165, 1.54) is 24.3 Å². The summed E-state index contributed by atoms with van der Waals surface area (Å²) in [7, 11) is 0. The zero-order valence-corrected chi connectivity index (χ0v) is 10.4. The highest BCUT2D eigenvalue weighted by Gasteiger charge is 2.11. The second kappa shape index (κ2) is 8.89. The van der Waals surface area contributed by atoms with Crippen LogP contribution < -0.4 is 5.32 Å². The highest BCUT2D eigenvalue weighted by atomic mass is 32.2. The van der Waals surface area contributed by atoms with Crippen molar-refractivity contribution in [3.8, 4) is 0 Å². The van der Waals surface area contributed by atoms with Crippen molar-refractivity contribution in [1.82, 2.24) is 5.32 Å². The highest BCUT2D eigenvalue weighted by molar-refractivity contribution is 7.99. The van der Waals surface area contributed by atoms with Gasteiger partial charge in [0.1, 0.15) is 0 Å². The standard InChI is InChI=1S/C11H25NS/c1-5-11(6-2)10(4)12-8-9-13-7-3/h10-12H,5-9H2,1-4H3. The third-order valence-electron chi connectivity index (χ3n) is 2.67. The summed E-state index contributed by atoms with van der Waals surface area (Å²) in [6.45, 7) is 10.3. The Hall–Kier alpha value is 0.310. The first-order valence-corrected chi connectivity index (χ1v) is 6.72. The summed E-state index contributed by atoms with van der Waals surface area (Å²) in [4.78, 5) is 0. The number of rotatable bonds is 8. The van der Waals surface area contributed by atoms with Gasteiger partial charge >= 0.3 is 0 Å². The normalized spacial score (nSPS) is 13.6. The SMILES string of the molecule is CCSCCNC(C)C(CC)CC. The van der Waals surface area contributed by atoms with Crippen molar-refractivity contribution in [2.75, 3.05) is 18.1 Å². The summed E-state index contributed by atoms with van der Waals surface area (Å²) in [5.41, 5.74) is 0. The van der Waals surface area contributed by atoms with Crippen molar-refractivity contribution < 1.29 is 0 Å². The first-order valence-electron chi connectivity index (χ1n) is 5.57. The van der Waals surface area contributed by atoms with Gasteiger partial charge in [0.2, 0.25) is 0 Å². The van der Waals surface area contributed by atoms with Gasteiger partial charge in [-0.3, -0.25) is 0 Å². The summed E-state index contributed by atoms with van der Waals surface area (Å²) < 4.78 is 0. The van der Waals surface area contributed by atoms with Crippen LogP contribution in [0, 0.1) is 5.92 Å². The number of hydrogen-bond donors (Lipinski definition) is 1. The molecule has 1 N–H and O–H groups in total. The van der Waals surface area contributed by atoms with Crippen LogP contribution in [0.3, 0.4) is 0 Å². The van der Waals surface area contributed by atoms with Crippen LogP contribution in [0.15, 0.2) is 0 Å². The molecule has 0 saturated heterocycles. The molecule has 1 atom stereocenters. The Morgan fingerprint density at radius 3 is 2.23 bits per heavy atom. The first-order chi connectivity index (χ1) is 6.26. The van der Waals surface area contributed by atoms with E-state index in [4.69, 9.17) is 0 Å². The van der Waals surface area contributed by atoms with Gasteiger partial charge in [-0.1, -0.05) is 33.6 Å². The molecule has 0 rings (SSSR count). The average molecular weight is 203 g/mol. The van der Waals surface area contributed by atoms with Crippen LogP contribution in [0.1, 0.15) is 40.5 Å². The quantitative estimate of drug-likeness (QED) is 0.608. The zero-order valence-electron chi connectivity index (χ0n) is 9.60. The molecule has 0 fully saturated rings. The van der Waals surface area contributed by atoms with E-state index in [1.807, 2.05) is 11.8 Å². The van der Waals surface area contributed by atoms with Gasteiger partial charge in [-0.2, -0.15) is 11.8 Å². The molecule has 0 heterocycles. The molecule has 0 aromatic heterocycles. The van der Waals surface area contributed by atoms with E-state index < -0.39 is 0 Å². The van der Waals surface area contributed by atoms with Crippen LogP contribution in [0.4, 0.5) is 0 Å². The van der Waals surface area contributed by atoms with E-state index in [9.17, 15) is 0 Å². The van der Waals surface area contributed by atoms with Gasteiger partial charge in [-0.25, -0.2) is 0 Å². The molecule has 0 saturated carbocycles. The fourth-order valence-electron chi connectivity index (χ4n) is 1.67. The maximum atomic E-state index is 3.60. The molecule has 0 radical (unpaired) electrons. The molecular weight excluding hydrogens is 178 g/mol. The Morgan fingerprint density at radius 1 is 1.15 bits per heavy atom. The van der Waals surface area contributed by atoms with Crippen LogP contribution in [0.25, 0.3) is 0 Å². The fourth-order valence-corrected chi connectivity index (χ4v) is 2.22. The van der Waals surface area contributed by atoms with Crippen molar-refractivity contribution in [2.45, 2.75) is 46.6 Å². The van der Waals surface area contributed by atoms with Crippen LogP contribution in [0.2, 0.25) is 0 Å². The predicted octanol–water partition coefficient (Wildman–Crippen LogP) is 3.15. The molecule has 0 amide bonds. The third kappa shape index (κ3) is 6.39. The zero-order chi connectivity index (χ0) is 10.1. The predicted molar refractivity (Wildman–Crippen MR) is 64.5 cm³/mol. The monoisotopic (exact) mass is 203 g/mol. The van der Waals surface area contributed by atoms with Crippen molar-refractivity contribution in [1.29, 1.82) is 0 Å². The summed E-state index contributed by atoms with van der Waals surface area (Å²) in [6, 6.07) is 0.687. The largest absolute Gasteiger partial charge is 0.313 e. The van der Waals surface area contributed by atoms with E-state index >= 15 is 0 Å². The molecular formula is C11H25NS. The van der Waals surface area contributed by atoms with Crippen molar-refractivity contribution in [3.05, 3.63) is 0 Å². The summed E-state index contributed by atoms with van der Waals surface area (Å²) in [5.74, 6) is 3.34. The lowest BCUT2D eigenvalue weighted by Gasteiger charge is -2.22. The lowest BCUT2D eigenvalue weighted by Crippen LogP contribution is -2.34. The Balaban J connectivity index is 3.42. The van der Waals surface area contributed by atoms with Crippen LogP contribution in [-0.2, 0) is 0 Å². The Labute approximate surface area is 88.1 Å². The number of hydrogen-bond acceptors (Lipinski definition) is 2. The third-order valence-corrected chi connectivity index (χ3v) is 3.57. The first kappa shape index (κ1) is 13.3. The molecule has 0 aliphatic rings. The van der Waals surface area contributed by atoms with Gasteiger partial charge in [0.15, 0.2) is 0 Å². The summed E-state index contributed by atoms with van der Waals surface area (Å²) >= 11 is 2.01. The molecule has 80 valence electrons. The molecule has 0 spiro atoms. The van der Waals surface area contributed by atoms with Gasteiger partial charge in [-0.15, -0.1) is 0 Å². The lowest BCUT2D eigenvalue weighted by atomic mass is 9.96. The van der Waals surface area contributed by atoms with E-state index in [1.54, 1.807) is 0 Å². The maximum absolute atomic E-state index is 3.60. The van der Waals surface area contributed by atoms with Crippen LogP contribution in [-0.4, -0.2) is 24.1 Å². The molecule has 2 heteroatoms. The Bertz CT molecular complexity index is 102. The molecule has 1 nitrogen and oxygen atoms in total. The van der Waals surface area contributed by atoms with Gasteiger partial charge in [0.05, 0.1) is 0 Å². The minimum absolute atomic E-state index is 0.687. The van der Waals surface area contributed by atoms with Crippen LogP contribution in [0.5, 0.6) is 0 Å². The number of nitrogens with one attached hydrogen (secondary N) is 1. The molecule has 0 bridgehead atoms. The Morgan fingerprint density at radius 2 is 1.77 bits per heavy atom. The minimum Gasteiger partial charge on any atom is -0.313 e. The second-order valence-corrected chi connectivity index (χ2v) is 4.91. The van der Waals surface area contributed by atoms with E-state index in [0.717, 1.165) is 12.5 Å².